The molecule has 0 unspecified atom stereocenters. The molecule has 0 spiro atoms. The lowest BCUT2D eigenvalue weighted by molar-refractivity contribution is 0.158. The van der Waals surface area contributed by atoms with E-state index in [1.54, 1.807) is 8.99 Å². The molecule has 1 aliphatic heterocycles. The Labute approximate surface area is 200 Å². The molecule has 1 fully saturated rings. The smallest absolute Gasteiger partial charge is 0.246 e. The molecule has 7 heteroatoms. The van der Waals surface area contributed by atoms with Gasteiger partial charge < -0.3 is 0 Å². The molecule has 0 atom stereocenters. The third kappa shape index (κ3) is 3.31. The molecule has 6 rings (SSSR count). The van der Waals surface area contributed by atoms with Gasteiger partial charge in [0.05, 0.1) is 23.6 Å². The minimum atomic E-state index is -3.62. The van der Waals surface area contributed by atoms with Crippen LogP contribution in [0.2, 0.25) is 0 Å². The fourth-order valence-electron chi connectivity index (χ4n) is 5.34. The number of hydrogen-bond acceptors (Lipinski definition) is 4. The number of hydrogen-bond donors (Lipinski definition) is 0. The zero-order chi connectivity index (χ0) is 23.3. The summed E-state index contributed by atoms with van der Waals surface area (Å²) in [6.07, 6.45) is 1.48. The number of piperazine rings is 1. The van der Waals surface area contributed by atoms with Crippen LogP contribution in [0.3, 0.4) is 0 Å². The molecule has 4 aromatic rings. The maximum atomic E-state index is 13.5. The second-order valence-electron chi connectivity index (χ2n) is 8.86. The Bertz CT molecular complexity index is 1410. The van der Waals surface area contributed by atoms with E-state index in [0.29, 0.717) is 31.9 Å². The van der Waals surface area contributed by atoms with Gasteiger partial charge in [0.15, 0.2) is 0 Å². The molecule has 1 aromatic heterocycles. The van der Waals surface area contributed by atoms with Gasteiger partial charge >= 0.3 is 0 Å². The van der Waals surface area contributed by atoms with Crippen LogP contribution in [0.25, 0.3) is 16.8 Å². The van der Waals surface area contributed by atoms with E-state index in [4.69, 9.17) is 0 Å². The number of benzene rings is 3. The Morgan fingerprint density at radius 1 is 0.765 bits per heavy atom. The fraction of sp³-hybridized carbons (Fsp3) is 0.222. The van der Waals surface area contributed by atoms with Gasteiger partial charge in [0.25, 0.3) is 0 Å². The molecule has 3 aromatic carbocycles. The number of aromatic nitrogens is 2. The summed E-state index contributed by atoms with van der Waals surface area (Å²) >= 11 is 0. The van der Waals surface area contributed by atoms with E-state index in [2.05, 4.69) is 58.5 Å². The van der Waals surface area contributed by atoms with Crippen LogP contribution in [0.15, 0.2) is 90.0 Å². The summed E-state index contributed by atoms with van der Waals surface area (Å²) in [4.78, 5) is 2.69. The molecule has 2 heterocycles. The summed E-state index contributed by atoms with van der Waals surface area (Å²) < 4.78 is 30.4. The standard InChI is InChI=1S/C27H26N4O2S/c1-20-26(19-28-31(20)21-9-3-2-4-10-21)34(32,33)30-17-15-29(16-18-30)27-24-13-7-5-11-22(24)23-12-6-8-14-25(23)27/h2-14,19,27H,15-18H2,1H3. The number of nitrogens with zero attached hydrogens (tertiary/aromatic N) is 4. The maximum Gasteiger partial charge on any atom is 0.246 e. The molecule has 1 saturated heterocycles. The third-order valence-electron chi connectivity index (χ3n) is 7.02. The lowest BCUT2D eigenvalue weighted by atomic mass is 10.0. The first-order valence-electron chi connectivity index (χ1n) is 11.6. The third-order valence-corrected chi connectivity index (χ3v) is 9.02. The van der Waals surface area contributed by atoms with Crippen LogP contribution in [-0.4, -0.2) is 53.6 Å². The summed E-state index contributed by atoms with van der Waals surface area (Å²) in [5.41, 5.74) is 6.65. The van der Waals surface area contributed by atoms with Crippen LogP contribution < -0.4 is 0 Å². The van der Waals surface area contributed by atoms with E-state index in [1.165, 1.54) is 28.5 Å². The van der Waals surface area contributed by atoms with Crippen LogP contribution in [-0.2, 0) is 10.0 Å². The highest BCUT2D eigenvalue weighted by atomic mass is 32.2. The molecule has 1 aliphatic carbocycles. The fourth-order valence-corrected chi connectivity index (χ4v) is 6.90. The molecule has 0 amide bonds. The van der Waals surface area contributed by atoms with Gasteiger partial charge in [-0.15, -0.1) is 0 Å². The molecular weight excluding hydrogens is 444 g/mol. The second kappa shape index (κ2) is 8.20. The van der Waals surface area contributed by atoms with Gasteiger partial charge in [-0.2, -0.15) is 9.40 Å². The van der Waals surface area contributed by atoms with Crippen molar-refractivity contribution in [3.8, 4) is 16.8 Å². The number of sulfonamides is 1. The first-order valence-corrected chi connectivity index (χ1v) is 13.0. The molecule has 0 radical (unpaired) electrons. The van der Waals surface area contributed by atoms with Crippen LogP contribution in [0.5, 0.6) is 0 Å². The molecule has 172 valence electrons. The summed E-state index contributed by atoms with van der Waals surface area (Å²) in [6.45, 7) is 4.09. The van der Waals surface area contributed by atoms with Crippen molar-refractivity contribution in [1.82, 2.24) is 19.0 Å². The van der Waals surface area contributed by atoms with Crippen molar-refractivity contribution >= 4 is 10.0 Å². The topological polar surface area (TPSA) is 58.4 Å². The second-order valence-corrected chi connectivity index (χ2v) is 10.8. The van der Waals surface area contributed by atoms with Crippen LogP contribution in [0, 0.1) is 6.92 Å². The quantitative estimate of drug-likeness (QED) is 0.447. The van der Waals surface area contributed by atoms with Crippen molar-refractivity contribution in [1.29, 1.82) is 0 Å². The Morgan fingerprint density at radius 2 is 1.32 bits per heavy atom. The van der Waals surface area contributed by atoms with Gasteiger partial charge in [0.1, 0.15) is 4.90 Å². The van der Waals surface area contributed by atoms with Gasteiger partial charge in [-0.1, -0.05) is 66.7 Å². The van der Waals surface area contributed by atoms with Crippen molar-refractivity contribution < 1.29 is 8.42 Å². The highest BCUT2D eigenvalue weighted by Gasteiger charge is 2.37. The summed E-state index contributed by atoms with van der Waals surface area (Å²) in [5, 5.41) is 4.38. The van der Waals surface area contributed by atoms with E-state index in [0.717, 1.165) is 5.69 Å². The number of fused-ring (bicyclic) bond motifs is 3. The van der Waals surface area contributed by atoms with Crippen LogP contribution in [0.1, 0.15) is 22.9 Å². The lowest BCUT2D eigenvalue weighted by Gasteiger charge is -2.38. The average Bonchev–Trinajstić information content (AvgIpc) is 3.43. The predicted octanol–water partition coefficient (Wildman–Crippen LogP) is 4.26. The van der Waals surface area contributed by atoms with Gasteiger partial charge in [0, 0.05) is 26.2 Å². The molecule has 6 nitrogen and oxygen atoms in total. The first-order chi connectivity index (χ1) is 16.6. The van der Waals surface area contributed by atoms with Crippen molar-refractivity contribution in [2.45, 2.75) is 17.9 Å². The minimum absolute atomic E-state index is 0.167. The molecular formula is C27H26N4O2S. The molecule has 0 saturated carbocycles. The highest BCUT2D eigenvalue weighted by molar-refractivity contribution is 7.89. The van der Waals surface area contributed by atoms with E-state index < -0.39 is 10.0 Å². The Kier molecular flexibility index (Phi) is 5.13. The largest absolute Gasteiger partial charge is 0.290 e. The first kappa shape index (κ1) is 21.3. The number of para-hydroxylation sites is 1. The zero-order valence-corrected chi connectivity index (χ0v) is 19.8. The molecule has 34 heavy (non-hydrogen) atoms. The van der Waals surface area contributed by atoms with E-state index >= 15 is 0 Å². The van der Waals surface area contributed by atoms with Gasteiger partial charge in [-0.05, 0) is 41.3 Å². The molecule has 2 aliphatic rings. The van der Waals surface area contributed by atoms with Crippen LogP contribution >= 0.6 is 0 Å². The van der Waals surface area contributed by atoms with Crippen LogP contribution in [0.4, 0.5) is 0 Å². The minimum Gasteiger partial charge on any atom is -0.290 e. The van der Waals surface area contributed by atoms with Crippen molar-refractivity contribution in [3.05, 3.63) is 102 Å². The normalized spacial score (nSPS) is 17.0. The Balaban J connectivity index is 1.25. The van der Waals surface area contributed by atoms with Crippen molar-refractivity contribution in [2.24, 2.45) is 0 Å². The van der Waals surface area contributed by atoms with Gasteiger partial charge in [0.2, 0.25) is 10.0 Å². The SMILES string of the molecule is Cc1c(S(=O)(=O)N2CCN(C3c4ccccc4-c4ccccc43)CC2)cnn1-c1ccccc1. The Hall–Kier alpha value is -3.26. The molecule has 0 N–H and O–H groups in total. The predicted molar refractivity (Wildman–Crippen MR) is 132 cm³/mol. The zero-order valence-electron chi connectivity index (χ0n) is 19.0. The highest BCUT2D eigenvalue weighted by Crippen LogP contribution is 2.46. The van der Waals surface area contributed by atoms with Crippen molar-refractivity contribution in [2.75, 3.05) is 26.2 Å². The molecule has 0 bridgehead atoms. The summed E-state index contributed by atoms with van der Waals surface area (Å²) in [7, 11) is -3.62. The van der Waals surface area contributed by atoms with E-state index in [1.807, 2.05) is 37.3 Å². The monoisotopic (exact) mass is 470 g/mol. The lowest BCUT2D eigenvalue weighted by Crippen LogP contribution is -2.49. The Morgan fingerprint density at radius 3 is 1.94 bits per heavy atom. The van der Waals surface area contributed by atoms with E-state index in [-0.39, 0.29) is 10.9 Å². The summed E-state index contributed by atoms with van der Waals surface area (Å²) in [6, 6.07) is 26.9. The van der Waals surface area contributed by atoms with Gasteiger partial charge in [-0.25, -0.2) is 13.1 Å². The number of rotatable bonds is 4. The van der Waals surface area contributed by atoms with Crippen molar-refractivity contribution in [3.63, 3.8) is 0 Å². The van der Waals surface area contributed by atoms with Gasteiger partial charge in [-0.3, -0.25) is 4.90 Å². The van der Waals surface area contributed by atoms with E-state index in [9.17, 15) is 8.42 Å². The average molecular weight is 471 g/mol. The maximum absolute atomic E-state index is 13.5. The summed E-state index contributed by atoms with van der Waals surface area (Å²) in [5.74, 6) is 0.